The summed E-state index contributed by atoms with van der Waals surface area (Å²) >= 11 is 0. The topological polar surface area (TPSA) is 94.6 Å². The van der Waals surface area contributed by atoms with Crippen LogP contribution in [0.15, 0.2) is 17.2 Å². The van der Waals surface area contributed by atoms with Crippen LogP contribution in [0.25, 0.3) is 0 Å². The van der Waals surface area contributed by atoms with Gasteiger partial charge >= 0.3 is 0 Å². The highest BCUT2D eigenvalue weighted by Crippen LogP contribution is 2.20. The summed E-state index contributed by atoms with van der Waals surface area (Å²) in [6.07, 6.45) is 3.15. The van der Waals surface area contributed by atoms with Crippen molar-refractivity contribution in [3.05, 3.63) is 18.0 Å². The molecule has 1 saturated heterocycles. The van der Waals surface area contributed by atoms with E-state index >= 15 is 0 Å². The zero-order chi connectivity index (χ0) is 15.6. The molecular formula is C13H21N3O4S. The highest BCUT2D eigenvalue weighted by atomic mass is 32.2. The Kier molecular flexibility index (Phi) is 4.70. The second-order valence-electron chi connectivity index (χ2n) is 5.41. The fraction of sp³-hybridized carbons (Fsp3) is 0.615. The first-order valence-electron chi connectivity index (χ1n) is 6.80. The van der Waals surface area contributed by atoms with Crippen LogP contribution in [-0.4, -0.2) is 50.6 Å². The number of amides is 1. The summed E-state index contributed by atoms with van der Waals surface area (Å²) in [6, 6.07) is 1.33. The van der Waals surface area contributed by atoms with E-state index in [-0.39, 0.29) is 10.8 Å². The van der Waals surface area contributed by atoms with Crippen molar-refractivity contribution in [1.29, 1.82) is 0 Å². The van der Waals surface area contributed by atoms with Gasteiger partial charge in [-0.3, -0.25) is 4.79 Å². The maximum atomic E-state index is 12.5. The number of methoxy groups -OCH3 is 1. The number of nitrogens with zero attached hydrogens (tertiary/aromatic N) is 2. The van der Waals surface area contributed by atoms with Gasteiger partial charge in [-0.15, -0.1) is 0 Å². The standard InChI is InChI=1S/C13H21N3O4S/c1-15-8-11(21(14,18)19)7-12(15)13(17)16-5-3-10(4-6-16)9-20-2/h7-8,10H,3-6,9H2,1-2H3,(H2,14,18,19). The number of piperidine rings is 1. The van der Waals surface area contributed by atoms with E-state index in [1.807, 2.05) is 0 Å². The molecule has 1 fully saturated rings. The van der Waals surface area contributed by atoms with Gasteiger partial charge in [0, 0.05) is 40.1 Å². The normalized spacial score (nSPS) is 17.2. The van der Waals surface area contributed by atoms with Crippen molar-refractivity contribution in [2.45, 2.75) is 17.7 Å². The average Bonchev–Trinajstić information content (AvgIpc) is 2.81. The van der Waals surface area contributed by atoms with Gasteiger partial charge in [0.2, 0.25) is 10.0 Å². The fourth-order valence-electron chi connectivity index (χ4n) is 2.60. The number of hydrogen-bond donors (Lipinski definition) is 1. The number of likely N-dealkylation sites (tertiary alicyclic amines) is 1. The van der Waals surface area contributed by atoms with Crippen LogP contribution in [0, 0.1) is 5.92 Å². The lowest BCUT2D eigenvalue weighted by molar-refractivity contribution is 0.0605. The van der Waals surface area contributed by atoms with Crippen molar-refractivity contribution < 1.29 is 17.9 Å². The van der Waals surface area contributed by atoms with Crippen molar-refractivity contribution in [2.75, 3.05) is 26.8 Å². The minimum absolute atomic E-state index is 0.0392. The third-order valence-corrected chi connectivity index (χ3v) is 4.71. The van der Waals surface area contributed by atoms with Gasteiger partial charge in [0.05, 0.1) is 0 Å². The Balaban J connectivity index is 2.10. The Hall–Kier alpha value is -1.38. The van der Waals surface area contributed by atoms with Crippen molar-refractivity contribution in [1.82, 2.24) is 9.47 Å². The summed E-state index contributed by atoms with van der Waals surface area (Å²) in [7, 11) is -0.478. The van der Waals surface area contributed by atoms with Gasteiger partial charge in [-0.05, 0) is 24.8 Å². The molecule has 1 aromatic rings. The number of carbonyl (C=O) groups is 1. The molecule has 7 nitrogen and oxygen atoms in total. The molecule has 2 rings (SSSR count). The van der Waals surface area contributed by atoms with Crippen molar-refractivity contribution in [3.8, 4) is 0 Å². The summed E-state index contributed by atoms with van der Waals surface area (Å²) in [5, 5.41) is 5.09. The van der Waals surface area contributed by atoms with Crippen LogP contribution in [0.4, 0.5) is 0 Å². The van der Waals surface area contributed by atoms with Gasteiger partial charge in [-0.25, -0.2) is 13.6 Å². The van der Waals surface area contributed by atoms with E-state index in [0.717, 1.165) is 12.8 Å². The van der Waals surface area contributed by atoms with Gasteiger partial charge in [0.25, 0.3) is 5.91 Å². The fourth-order valence-corrected chi connectivity index (χ4v) is 3.18. The number of aryl methyl sites for hydroxylation is 1. The minimum Gasteiger partial charge on any atom is -0.384 e. The molecule has 21 heavy (non-hydrogen) atoms. The van der Waals surface area contributed by atoms with Crippen molar-refractivity contribution in [3.63, 3.8) is 0 Å². The molecule has 0 aliphatic carbocycles. The van der Waals surface area contributed by atoms with Crippen LogP contribution in [-0.2, 0) is 21.8 Å². The second kappa shape index (κ2) is 6.17. The second-order valence-corrected chi connectivity index (χ2v) is 6.97. The van der Waals surface area contributed by atoms with E-state index in [1.165, 1.54) is 16.8 Å². The van der Waals surface area contributed by atoms with Crippen molar-refractivity contribution >= 4 is 15.9 Å². The largest absolute Gasteiger partial charge is 0.384 e. The van der Waals surface area contributed by atoms with Crippen LogP contribution in [0.3, 0.4) is 0 Å². The third-order valence-electron chi connectivity index (χ3n) is 3.83. The van der Waals surface area contributed by atoms with E-state index in [4.69, 9.17) is 9.88 Å². The maximum absolute atomic E-state index is 12.5. The van der Waals surface area contributed by atoms with Crippen LogP contribution >= 0.6 is 0 Å². The molecule has 0 atom stereocenters. The summed E-state index contributed by atoms with van der Waals surface area (Å²) in [4.78, 5) is 14.2. The number of sulfonamides is 1. The Morgan fingerprint density at radius 1 is 1.43 bits per heavy atom. The number of ether oxygens (including phenoxy) is 1. The molecule has 118 valence electrons. The summed E-state index contributed by atoms with van der Waals surface area (Å²) in [6.45, 7) is 2.02. The number of primary sulfonamides is 1. The molecular weight excluding hydrogens is 294 g/mol. The number of aromatic nitrogens is 1. The van der Waals surface area contributed by atoms with Gasteiger partial charge in [0.1, 0.15) is 10.6 Å². The number of carbonyl (C=O) groups excluding carboxylic acids is 1. The summed E-state index contributed by atoms with van der Waals surface area (Å²) in [5.74, 6) is 0.315. The van der Waals surface area contributed by atoms with E-state index in [0.29, 0.717) is 31.3 Å². The lowest BCUT2D eigenvalue weighted by Gasteiger charge is -2.31. The Labute approximate surface area is 124 Å². The predicted molar refractivity (Wildman–Crippen MR) is 77.3 cm³/mol. The van der Waals surface area contributed by atoms with Gasteiger partial charge < -0.3 is 14.2 Å². The SMILES string of the molecule is COCC1CCN(C(=O)c2cc(S(N)(=O)=O)cn2C)CC1. The lowest BCUT2D eigenvalue weighted by Crippen LogP contribution is -2.40. The summed E-state index contributed by atoms with van der Waals surface area (Å²) in [5.41, 5.74) is 0.337. The molecule has 1 aliphatic heterocycles. The molecule has 0 spiro atoms. The molecule has 0 unspecified atom stereocenters. The van der Waals surface area contributed by atoms with Gasteiger partial charge in [-0.2, -0.15) is 0 Å². The third kappa shape index (κ3) is 3.63. The Bertz CT molecular complexity index is 615. The Morgan fingerprint density at radius 3 is 2.52 bits per heavy atom. The molecule has 2 heterocycles. The number of nitrogens with two attached hydrogens (primary N) is 1. The Morgan fingerprint density at radius 2 is 2.05 bits per heavy atom. The zero-order valence-corrected chi connectivity index (χ0v) is 13.1. The first-order valence-corrected chi connectivity index (χ1v) is 8.35. The molecule has 0 saturated carbocycles. The molecule has 0 radical (unpaired) electrons. The molecule has 1 aliphatic rings. The maximum Gasteiger partial charge on any atom is 0.270 e. The van der Waals surface area contributed by atoms with Crippen LogP contribution < -0.4 is 5.14 Å². The van der Waals surface area contributed by atoms with Crippen LogP contribution in [0.5, 0.6) is 0 Å². The molecule has 0 bridgehead atoms. The monoisotopic (exact) mass is 315 g/mol. The van der Waals surface area contributed by atoms with Crippen LogP contribution in [0.1, 0.15) is 23.3 Å². The minimum atomic E-state index is -3.79. The molecule has 8 heteroatoms. The quantitative estimate of drug-likeness (QED) is 0.857. The lowest BCUT2D eigenvalue weighted by atomic mass is 9.97. The first kappa shape index (κ1) is 16.0. The highest BCUT2D eigenvalue weighted by molar-refractivity contribution is 7.89. The van der Waals surface area contributed by atoms with E-state index < -0.39 is 10.0 Å². The zero-order valence-electron chi connectivity index (χ0n) is 12.3. The smallest absolute Gasteiger partial charge is 0.270 e. The van der Waals surface area contributed by atoms with E-state index in [2.05, 4.69) is 0 Å². The van der Waals surface area contributed by atoms with Crippen LogP contribution in [0.2, 0.25) is 0 Å². The number of hydrogen-bond acceptors (Lipinski definition) is 4. The van der Waals surface area contributed by atoms with E-state index in [9.17, 15) is 13.2 Å². The molecule has 1 amide bonds. The molecule has 0 aromatic carbocycles. The van der Waals surface area contributed by atoms with Gasteiger partial charge in [0.15, 0.2) is 0 Å². The van der Waals surface area contributed by atoms with Crippen molar-refractivity contribution in [2.24, 2.45) is 18.1 Å². The average molecular weight is 315 g/mol. The molecule has 1 aromatic heterocycles. The highest BCUT2D eigenvalue weighted by Gasteiger charge is 2.26. The first-order chi connectivity index (χ1) is 9.82. The predicted octanol–water partition coefficient (Wildman–Crippen LogP) is 0.171. The van der Waals surface area contributed by atoms with E-state index in [1.54, 1.807) is 19.1 Å². The summed E-state index contributed by atoms with van der Waals surface area (Å²) < 4.78 is 29.3. The van der Waals surface area contributed by atoms with Gasteiger partial charge in [-0.1, -0.05) is 0 Å². The molecule has 2 N–H and O–H groups in total. The number of rotatable bonds is 4.